The molecular weight excluding hydrogens is 290 g/mol. The van der Waals surface area contributed by atoms with Gasteiger partial charge in [0.05, 0.1) is 6.04 Å². The summed E-state index contributed by atoms with van der Waals surface area (Å²) in [6.45, 7) is 9.03. The van der Waals surface area contributed by atoms with E-state index in [9.17, 15) is 9.59 Å². The van der Waals surface area contributed by atoms with E-state index in [1.165, 1.54) is 0 Å². The van der Waals surface area contributed by atoms with Crippen molar-refractivity contribution in [1.82, 2.24) is 0 Å². The molecule has 5 nitrogen and oxygen atoms in total. The summed E-state index contributed by atoms with van der Waals surface area (Å²) in [7, 11) is 0. The summed E-state index contributed by atoms with van der Waals surface area (Å²) in [5.74, 6) is -0.335. The number of amides is 2. The van der Waals surface area contributed by atoms with Crippen LogP contribution in [0, 0.1) is 12.3 Å². The van der Waals surface area contributed by atoms with Crippen LogP contribution >= 0.6 is 12.4 Å². The molecule has 0 bridgehead atoms. The molecule has 6 heteroatoms. The van der Waals surface area contributed by atoms with Gasteiger partial charge in [-0.25, -0.2) is 0 Å². The highest BCUT2D eigenvalue weighted by Crippen LogP contribution is 2.23. The van der Waals surface area contributed by atoms with Gasteiger partial charge in [0.25, 0.3) is 0 Å². The van der Waals surface area contributed by atoms with Crippen LogP contribution in [-0.2, 0) is 9.59 Å². The molecule has 1 aromatic rings. The number of rotatable bonds is 3. The summed E-state index contributed by atoms with van der Waals surface area (Å²) in [4.78, 5) is 23.6. The average molecular weight is 314 g/mol. The van der Waals surface area contributed by atoms with Gasteiger partial charge in [-0.1, -0.05) is 26.8 Å². The zero-order valence-electron chi connectivity index (χ0n) is 13.1. The maximum absolute atomic E-state index is 11.9. The second-order valence-corrected chi connectivity index (χ2v) is 6.01. The van der Waals surface area contributed by atoms with Gasteiger partial charge >= 0.3 is 0 Å². The molecule has 1 rings (SSSR count). The molecule has 0 aliphatic heterocycles. The Bertz CT molecular complexity index is 522. The van der Waals surface area contributed by atoms with Crippen molar-refractivity contribution in [2.24, 2.45) is 11.1 Å². The standard InChI is InChI=1S/C15H23N3O2.ClH/c1-9-6-7-11(17-14(20)15(3,4)5)8-12(9)18-13(19)10(2)16;/h6-8,10H,16H2,1-5H3,(H,17,20)(H,18,19);1H/t10-;/m1./s1. The van der Waals surface area contributed by atoms with E-state index >= 15 is 0 Å². The molecule has 1 atom stereocenters. The summed E-state index contributed by atoms with van der Waals surface area (Å²) in [6, 6.07) is 4.80. The van der Waals surface area contributed by atoms with Crippen molar-refractivity contribution in [3.05, 3.63) is 23.8 Å². The molecule has 21 heavy (non-hydrogen) atoms. The van der Waals surface area contributed by atoms with Gasteiger partial charge in [0.15, 0.2) is 0 Å². The summed E-state index contributed by atoms with van der Waals surface area (Å²) < 4.78 is 0. The Morgan fingerprint density at radius 3 is 2.24 bits per heavy atom. The molecule has 0 aliphatic rings. The van der Waals surface area contributed by atoms with Crippen molar-refractivity contribution in [2.75, 3.05) is 10.6 Å². The number of hydrogen-bond acceptors (Lipinski definition) is 3. The number of benzene rings is 1. The van der Waals surface area contributed by atoms with Gasteiger partial charge in [-0.05, 0) is 31.5 Å². The Morgan fingerprint density at radius 1 is 1.19 bits per heavy atom. The number of nitrogens with one attached hydrogen (secondary N) is 2. The van der Waals surface area contributed by atoms with Crippen LogP contribution in [0.25, 0.3) is 0 Å². The van der Waals surface area contributed by atoms with Gasteiger partial charge in [0, 0.05) is 16.8 Å². The normalized spacial score (nSPS) is 12.1. The number of carbonyl (C=O) groups excluding carboxylic acids is 2. The average Bonchev–Trinajstić information content (AvgIpc) is 2.31. The SMILES string of the molecule is Cc1ccc(NC(=O)C(C)(C)C)cc1NC(=O)[C@@H](C)N.Cl. The molecule has 0 aromatic heterocycles. The second-order valence-electron chi connectivity index (χ2n) is 6.01. The summed E-state index contributed by atoms with van der Waals surface area (Å²) in [5, 5.41) is 5.58. The molecule has 0 radical (unpaired) electrons. The van der Waals surface area contributed by atoms with E-state index in [0.717, 1.165) is 5.56 Å². The minimum Gasteiger partial charge on any atom is -0.326 e. The molecule has 118 valence electrons. The molecule has 0 saturated carbocycles. The fourth-order valence-corrected chi connectivity index (χ4v) is 1.40. The first kappa shape index (κ1) is 19.4. The lowest BCUT2D eigenvalue weighted by molar-refractivity contribution is -0.123. The highest BCUT2D eigenvalue weighted by atomic mass is 35.5. The van der Waals surface area contributed by atoms with E-state index in [1.807, 2.05) is 33.8 Å². The van der Waals surface area contributed by atoms with Crippen molar-refractivity contribution in [3.63, 3.8) is 0 Å². The first-order valence-electron chi connectivity index (χ1n) is 6.60. The Kier molecular flexibility index (Phi) is 6.86. The van der Waals surface area contributed by atoms with Crippen LogP contribution in [0.15, 0.2) is 18.2 Å². The third kappa shape index (κ3) is 5.73. The van der Waals surface area contributed by atoms with E-state index in [-0.39, 0.29) is 24.2 Å². The molecule has 0 aliphatic carbocycles. The zero-order chi connectivity index (χ0) is 15.5. The largest absolute Gasteiger partial charge is 0.326 e. The van der Waals surface area contributed by atoms with Crippen LogP contribution in [0.5, 0.6) is 0 Å². The molecule has 0 unspecified atom stereocenters. The third-order valence-electron chi connectivity index (χ3n) is 2.85. The fraction of sp³-hybridized carbons (Fsp3) is 0.467. The Labute approximate surface area is 132 Å². The van der Waals surface area contributed by atoms with Gasteiger partial charge < -0.3 is 16.4 Å². The summed E-state index contributed by atoms with van der Waals surface area (Å²) >= 11 is 0. The zero-order valence-corrected chi connectivity index (χ0v) is 13.9. The summed E-state index contributed by atoms with van der Waals surface area (Å²) in [5.41, 5.74) is 7.27. The number of anilines is 2. The number of nitrogens with two attached hydrogens (primary N) is 1. The maximum Gasteiger partial charge on any atom is 0.241 e. The van der Waals surface area contributed by atoms with Crippen molar-refractivity contribution in [3.8, 4) is 0 Å². The molecule has 1 aromatic carbocycles. The first-order chi connectivity index (χ1) is 9.11. The molecular formula is C15H24ClN3O2. The number of carbonyl (C=O) groups is 2. The lowest BCUT2D eigenvalue weighted by Crippen LogP contribution is -2.32. The smallest absolute Gasteiger partial charge is 0.241 e. The first-order valence-corrected chi connectivity index (χ1v) is 6.60. The lowest BCUT2D eigenvalue weighted by Gasteiger charge is -2.18. The maximum atomic E-state index is 11.9. The van der Waals surface area contributed by atoms with Gasteiger partial charge in [-0.2, -0.15) is 0 Å². The van der Waals surface area contributed by atoms with Crippen molar-refractivity contribution in [2.45, 2.75) is 40.7 Å². The fourth-order valence-electron chi connectivity index (χ4n) is 1.40. The molecule has 0 saturated heterocycles. The number of aryl methyl sites for hydroxylation is 1. The summed E-state index contributed by atoms with van der Waals surface area (Å²) in [6.07, 6.45) is 0. The highest BCUT2D eigenvalue weighted by molar-refractivity contribution is 5.98. The van der Waals surface area contributed by atoms with E-state index < -0.39 is 11.5 Å². The highest BCUT2D eigenvalue weighted by Gasteiger charge is 2.21. The van der Waals surface area contributed by atoms with Crippen LogP contribution < -0.4 is 16.4 Å². The van der Waals surface area contributed by atoms with Crippen molar-refractivity contribution >= 4 is 35.6 Å². The van der Waals surface area contributed by atoms with Crippen LogP contribution in [0.1, 0.15) is 33.3 Å². The minimum atomic E-state index is -0.581. The van der Waals surface area contributed by atoms with E-state index in [4.69, 9.17) is 5.73 Å². The topological polar surface area (TPSA) is 84.2 Å². The lowest BCUT2D eigenvalue weighted by atomic mass is 9.95. The van der Waals surface area contributed by atoms with Gasteiger partial charge in [-0.15, -0.1) is 12.4 Å². The third-order valence-corrected chi connectivity index (χ3v) is 2.85. The van der Waals surface area contributed by atoms with Gasteiger partial charge in [-0.3, -0.25) is 9.59 Å². The molecule has 2 amide bonds. The van der Waals surface area contributed by atoms with Crippen LogP contribution in [0.2, 0.25) is 0 Å². The molecule has 0 fully saturated rings. The van der Waals surface area contributed by atoms with Gasteiger partial charge in [0.1, 0.15) is 0 Å². The minimum absolute atomic E-state index is 0. The van der Waals surface area contributed by atoms with Crippen molar-refractivity contribution < 1.29 is 9.59 Å². The van der Waals surface area contributed by atoms with Crippen molar-refractivity contribution in [1.29, 1.82) is 0 Å². The Balaban J connectivity index is 0.00000400. The Morgan fingerprint density at radius 2 is 1.76 bits per heavy atom. The number of hydrogen-bond donors (Lipinski definition) is 3. The molecule has 0 heterocycles. The monoisotopic (exact) mass is 313 g/mol. The second kappa shape index (κ2) is 7.43. The van der Waals surface area contributed by atoms with Gasteiger partial charge in [0.2, 0.25) is 11.8 Å². The van der Waals surface area contributed by atoms with E-state index in [1.54, 1.807) is 19.1 Å². The molecule has 0 spiro atoms. The van der Waals surface area contributed by atoms with E-state index in [2.05, 4.69) is 10.6 Å². The van der Waals surface area contributed by atoms with Crippen LogP contribution in [0.4, 0.5) is 11.4 Å². The predicted molar refractivity (Wildman–Crippen MR) is 88.8 cm³/mol. The number of halogens is 1. The Hall–Kier alpha value is -1.59. The quantitative estimate of drug-likeness (QED) is 0.802. The van der Waals surface area contributed by atoms with Crippen LogP contribution in [0.3, 0.4) is 0 Å². The van der Waals surface area contributed by atoms with Crippen LogP contribution in [-0.4, -0.2) is 17.9 Å². The predicted octanol–water partition coefficient (Wildman–Crippen LogP) is 2.69. The molecule has 4 N–H and O–H groups in total. The van der Waals surface area contributed by atoms with E-state index in [0.29, 0.717) is 11.4 Å².